The van der Waals surface area contributed by atoms with Gasteiger partial charge in [-0.1, -0.05) is 53.7 Å². The van der Waals surface area contributed by atoms with Crippen LogP contribution in [0.3, 0.4) is 0 Å². The molecule has 0 radical (unpaired) electrons. The molecule has 1 amide bonds. The lowest BCUT2D eigenvalue weighted by Gasteiger charge is -2.10. The van der Waals surface area contributed by atoms with Crippen molar-refractivity contribution < 1.29 is 9.90 Å². The van der Waals surface area contributed by atoms with Crippen LogP contribution >= 0.6 is 23.4 Å². The van der Waals surface area contributed by atoms with Gasteiger partial charge in [-0.2, -0.15) is 5.10 Å². The molecule has 0 saturated carbocycles. The van der Waals surface area contributed by atoms with E-state index in [9.17, 15) is 9.90 Å². The van der Waals surface area contributed by atoms with E-state index in [4.69, 9.17) is 11.6 Å². The summed E-state index contributed by atoms with van der Waals surface area (Å²) in [7, 11) is 0. The van der Waals surface area contributed by atoms with Crippen molar-refractivity contribution in [2.24, 2.45) is 5.10 Å². The van der Waals surface area contributed by atoms with Gasteiger partial charge in [0.05, 0.1) is 11.5 Å². The van der Waals surface area contributed by atoms with Gasteiger partial charge in [-0.15, -0.1) is 10.2 Å². The van der Waals surface area contributed by atoms with E-state index in [1.54, 1.807) is 43.3 Å². The molecule has 0 atom stereocenters. The zero-order valence-electron chi connectivity index (χ0n) is 17.6. The first-order valence-corrected chi connectivity index (χ1v) is 11.4. The molecule has 0 saturated heterocycles. The van der Waals surface area contributed by atoms with E-state index in [-0.39, 0.29) is 17.4 Å². The third-order valence-corrected chi connectivity index (χ3v) is 5.90. The fraction of sp³-hybridized carbons (Fsp3) is 0.0833. The van der Waals surface area contributed by atoms with Crippen molar-refractivity contribution in [1.29, 1.82) is 0 Å². The summed E-state index contributed by atoms with van der Waals surface area (Å²) >= 11 is 7.32. The number of nitrogens with zero attached hydrogens (tertiary/aromatic N) is 4. The van der Waals surface area contributed by atoms with Crippen LogP contribution < -0.4 is 5.43 Å². The minimum absolute atomic E-state index is 0.104. The first kappa shape index (κ1) is 22.6. The molecule has 0 aliphatic carbocycles. The van der Waals surface area contributed by atoms with E-state index in [0.717, 1.165) is 16.8 Å². The van der Waals surface area contributed by atoms with Crippen molar-refractivity contribution in [3.8, 4) is 22.8 Å². The van der Waals surface area contributed by atoms with Crippen LogP contribution in [0.25, 0.3) is 17.1 Å². The number of rotatable bonds is 7. The van der Waals surface area contributed by atoms with Gasteiger partial charge in [0.15, 0.2) is 11.0 Å². The number of halogens is 1. The second-order valence-electron chi connectivity index (χ2n) is 7.05. The van der Waals surface area contributed by atoms with Crippen LogP contribution in [-0.4, -0.2) is 37.2 Å². The van der Waals surface area contributed by atoms with Crippen LogP contribution in [-0.2, 0) is 4.79 Å². The lowest BCUT2D eigenvalue weighted by Crippen LogP contribution is -2.21. The SMILES string of the molecule is CC(=NNC(=O)CSc1nnc(-c2ccccc2)n1-c1ccc(Cl)cc1)c1ccc(O)cc1. The van der Waals surface area contributed by atoms with Crippen LogP contribution in [0.5, 0.6) is 5.75 Å². The maximum absolute atomic E-state index is 12.4. The van der Waals surface area contributed by atoms with E-state index < -0.39 is 0 Å². The smallest absolute Gasteiger partial charge is 0.250 e. The van der Waals surface area contributed by atoms with E-state index in [0.29, 0.717) is 21.7 Å². The Morgan fingerprint density at radius 3 is 2.42 bits per heavy atom. The molecule has 3 aromatic carbocycles. The number of aromatic hydroxyl groups is 1. The maximum Gasteiger partial charge on any atom is 0.250 e. The molecule has 4 rings (SSSR count). The van der Waals surface area contributed by atoms with E-state index >= 15 is 0 Å². The Kier molecular flexibility index (Phi) is 7.07. The number of hydrogen-bond donors (Lipinski definition) is 2. The predicted octanol–water partition coefficient (Wildman–Crippen LogP) is 4.93. The Morgan fingerprint density at radius 1 is 1.03 bits per heavy atom. The van der Waals surface area contributed by atoms with Gasteiger partial charge in [-0.05, 0) is 61.0 Å². The number of aromatic nitrogens is 3. The Morgan fingerprint density at radius 2 is 1.73 bits per heavy atom. The summed E-state index contributed by atoms with van der Waals surface area (Å²) in [6.45, 7) is 1.78. The summed E-state index contributed by atoms with van der Waals surface area (Å²) in [6, 6.07) is 23.7. The molecule has 166 valence electrons. The van der Waals surface area contributed by atoms with Gasteiger partial charge in [0.1, 0.15) is 5.75 Å². The maximum atomic E-state index is 12.4. The van der Waals surface area contributed by atoms with E-state index in [1.165, 1.54) is 11.8 Å². The van der Waals surface area contributed by atoms with Crippen LogP contribution in [0.15, 0.2) is 89.1 Å². The number of amides is 1. The van der Waals surface area contributed by atoms with Crippen LogP contribution in [0, 0.1) is 0 Å². The first-order valence-electron chi connectivity index (χ1n) is 10.0. The topological polar surface area (TPSA) is 92.4 Å². The molecule has 2 N–H and O–H groups in total. The van der Waals surface area contributed by atoms with Crippen molar-refractivity contribution in [3.05, 3.63) is 89.4 Å². The summed E-state index contributed by atoms with van der Waals surface area (Å²) in [5.41, 5.74) is 5.74. The van der Waals surface area contributed by atoms with Crippen LogP contribution in [0.1, 0.15) is 12.5 Å². The molecule has 7 nitrogen and oxygen atoms in total. The zero-order chi connectivity index (χ0) is 23.2. The molecule has 0 fully saturated rings. The molecule has 1 heterocycles. The van der Waals surface area contributed by atoms with E-state index in [2.05, 4.69) is 20.7 Å². The Labute approximate surface area is 200 Å². The fourth-order valence-corrected chi connectivity index (χ4v) is 3.91. The number of hydrogen-bond acceptors (Lipinski definition) is 6. The van der Waals surface area contributed by atoms with E-state index in [1.807, 2.05) is 47.0 Å². The van der Waals surface area contributed by atoms with Gasteiger partial charge in [0.25, 0.3) is 5.91 Å². The second-order valence-corrected chi connectivity index (χ2v) is 8.43. The number of hydrazone groups is 1. The minimum Gasteiger partial charge on any atom is -0.508 e. The number of phenolic OH excluding ortho intramolecular Hbond substituents is 1. The largest absolute Gasteiger partial charge is 0.508 e. The lowest BCUT2D eigenvalue weighted by atomic mass is 10.1. The number of benzene rings is 3. The average molecular weight is 478 g/mol. The lowest BCUT2D eigenvalue weighted by molar-refractivity contribution is -0.118. The number of carbonyl (C=O) groups is 1. The number of thioether (sulfide) groups is 1. The predicted molar refractivity (Wildman–Crippen MR) is 131 cm³/mol. The van der Waals surface area contributed by atoms with Gasteiger partial charge in [-0.3, -0.25) is 9.36 Å². The Balaban J connectivity index is 1.51. The highest BCUT2D eigenvalue weighted by molar-refractivity contribution is 7.99. The van der Waals surface area contributed by atoms with Gasteiger partial charge in [-0.25, -0.2) is 5.43 Å². The van der Waals surface area contributed by atoms with Crippen LogP contribution in [0.2, 0.25) is 5.02 Å². The standard InChI is InChI=1S/C24H20ClN5O2S/c1-16(17-7-13-21(31)14-8-17)26-27-22(32)15-33-24-29-28-23(18-5-3-2-4-6-18)30(24)20-11-9-19(25)10-12-20/h2-14,31H,15H2,1H3,(H,27,32). The second kappa shape index (κ2) is 10.3. The highest BCUT2D eigenvalue weighted by atomic mass is 35.5. The quantitative estimate of drug-likeness (QED) is 0.224. The molecule has 0 aliphatic heterocycles. The summed E-state index contributed by atoms with van der Waals surface area (Å²) in [4.78, 5) is 12.4. The van der Waals surface area contributed by atoms with Gasteiger partial charge in [0.2, 0.25) is 0 Å². The summed E-state index contributed by atoms with van der Waals surface area (Å²) in [5.74, 6) is 0.672. The van der Waals surface area contributed by atoms with Crippen molar-refractivity contribution in [3.63, 3.8) is 0 Å². The normalized spacial score (nSPS) is 11.4. The van der Waals surface area contributed by atoms with Crippen molar-refractivity contribution in [2.75, 3.05) is 5.75 Å². The van der Waals surface area contributed by atoms with Crippen molar-refractivity contribution in [2.45, 2.75) is 12.1 Å². The number of carbonyl (C=O) groups excluding carboxylic acids is 1. The van der Waals surface area contributed by atoms with Gasteiger partial charge in [0, 0.05) is 16.3 Å². The Hall–Kier alpha value is -3.62. The first-order chi connectivity index (χ1) is 16.0. The number of nitrogens with one attached hydrogen (secondary N) is 1. The number of phenols is 1. The zero-order valence-corrected chi connectivity index (χ0v) is 19.2. The van der Waals surface area contributed by atoms with Crippen molar-refractivity contribution >= 4 is 35.0 Å². The molecular formula is C24H20ClN5O2S. The monoisotopic (exact) mass is 477 g/mol. The molecule has 1 aromatic heterocycles. The molecule has 0 aliphatic rings. The fourth-order valence-electron chi connectivity index (χ4n) is 3.04. The minimum atomic E-state index is -0.273. The molecule has 4 aromatic rings. The van der Waals surface area contributed by atoms with Crippen molar-refractivity contribution in [1.82, 2.24) is 20.2 Å². The average Bonchev–Trinajstić information content (AvgIpc) is 3.26. The summed E-state index contributed by atoms with van der Waals surface area (Å²) in [5, 5.41) is 23.4. The molecule has 0 unspecified atom stereocenters. The molecule has 9 heteroatoms. The highest BCUT2D eigenvalue weighted by Gasteiger charge is 2.17. The summed E-state index contributed by atoms with van der Waals surface area (Å²) in [6.07, 6.45) is 0. The Bertz CT molecular complexity index is 1270. The molecule has 0 bridgehead atoms. The third-order valence-electron chi connectivity index (χ3n) is 4.72. The van der Waals surface area contributed by atoms with Gasteiger partial charge < -0.3 is 5.11 Å². The van der Waals surface area contributed by atoms with Gasteiger partial charge >= 0.3 is 0 Å². The molecular weight excluding hydrogens is 458 g/mol. The highest BCUT2D eigenvalue weighted by Crippen LogP contribution is 2.28. The molecule has 33 heavy (non-hydrogen) atoms. The summed E-state index contributed by atoms with van der Waals surface area (Å²) < 4.78 is 1.90. The molecule has 0 spiro atoms. The third kappa shape index (κ3) is 5.60. The van der Waals surface area contributed by atoms with Crippen LogP contribution in [0.4, 0.5) is 0 Å².